The maximum atomic E-state index is 5.60. The highest BCUT2D eigenvalue weighted by Crippen LogP contribution is 2.07. The minimum absolute atomic E-state index is 0.133. The number of nitrogens with one attached hydrogen (secondary N) is 2. The van der Waals surface area contributed by atoms with Crippen molar-refractivity contribution in [1.82, 2.24) is 15.5 Å². The maximum Gasteiger partial charge on any atom is 0.189 e. The Kier molecular flexibility index (Phi) is 3.31. The van der Waals surface area contributed by atoms with Crippen molar-refractivity contribution in [2.24, 2.45) is 10.7 Å². The standard InChI is InChI=1S/C8H15N5/c1-3-10-8(9)13-6(2)7-4-11-12-5-7/h4-6H,3H2,1-2H3,(H,11,12)(H3,9,10,13). The Labute approximate surface area is 77.4 Å². The van der Waals surface area contributed by atoms with Crippen molar-refractivity contribution < 1.29 is 0 Å². The van der Waals surface area contributed by atoms with E-state index in [-0.39, 0.29) is 6.04 Å². The minimum Gasteiger partial charge on any atom is -0.370 e. The lowest BCUT2D eigenvalue weighted by molar-refractivity contribution is 0.709. The van der Waals surface area contributed by atoms with Crippen LogP contribution in [0.25, 0.3) is 0 Å². The van der Waals surface area contributed by atoms with E-state index in [1.165, 1.54) is 0 Å². The van der Waals surface area contributed by atoms with Gasteiger partial charge in [-0.25, -0.2) is 0 Å². The van der Waals surface area contributed by atoms with Gasteiger partial charge >= 0.3 is 0 Å². The fourth-order valence-corrected chi connectivity index (χ4v) is 1.02. The molecular formula is C8H15N5. The van der Waals surface area contributed by atoms with E-state index in [1.54, 1.807) is 6.20 Å². The average Bonchev–Trinajstić information content (AvgIpc) is 2.55. The Bertz CT molecular complexity index is 264. The van der Waals surface area contributed by atoms with Crippen molar-refractivity contribution >= 4 is 5.96 Å². The number of H-pyrrole nitrogens is 1. The molecule has 0 aliphatic rings. The minimum atomic E-state index is 0.133. The van der Waals surface area contributed by atoms with E-state index in [0.717, 1.165) is 5.56 Å². The Morgan fingerprint density at radius 2 is 2.62 bits per heavy atom. The van der Waals surface area contributed by atoms with Crippen molar-refractivity contribution in [1.29, 1.82) is 0 Å². The number of guanidine groups is 1. The van der Waals surface area contributed by atoms with Gasteiger partial charge in [0.1, 0.15) is 0 Å². The largest absolute Gasteiger partial charge is 0.370 e. The van der Waals surface area contributed by atoms with Crippen LogP contribution < -0.4 is 11.1 Å². The number of nitrogens with two attached hydrogens (primary N) is 1. The molecule has 5 heteroatoms. The van der Waals surface area contributed by atoms with Crippen molar-refractivity contribution in [3.63, 3.8) is 0 Å². The van der Waals surface area contributed by atoms with Crippen LogP contribution >= 0.6 is 0 Å². The molecule has 0 fully saturated rings. The Morgan fingerprint density at radius 1 is 1.85 bits per heavy atom. The zero-order valence-corrected chi connectivity index (χ0v) is 7.91. The highest BCUT2D eigenvalue weighted by atomic mass is 15.1. The summed E-state index contributed by atoms with van der Waals surface area (Å²) in [5, 5.41) is 9.65. The van der Waals surface area contributed by atoms with Gasteiger partial charge in [0, 0.05) is 18.3 Å². The Morgan fingerprint density at radius 3 is 3.15 bits per heavy atom. The van der Waals surface area contributed by atoms with Gasteiger partial charge in [-0.1, -0.05) is 0 Å². The molecule has 0 radical (unpaired) electrons. The number of aromatic nitrogens is 2. The lowest BCUT2D eigenvalue weighted by Crippen LogP contribution is -2.33. The van der Waals surface area contributed by atoms with Gasteiger partial charge in [-0.2, -0.15) is 5.10 Å². The molecule has 0 saturated heterocycles. The molecule has 1 aromatic heterocycles. The Hall–Kier alpha value is -1.52. The van der Waals surface area contributed by atoms with Crippen molar-refractivity contribution in [3.8, 4) is 0 Å². The quantitative estimate of drug-likeness (QED) is 0.466. The van der Waals surface area contributed by atoms with Gasteiger partial charge in [0.2, 0.25) is 0 Å². The van der Waals surface area contributed by atoms with Crippen LogP contribution in [-0.2, 0) is 0 Å². The second-order valence-electron chi connectivity index (χ2n) is 2.76. The monoisotopic (exact) mass is 181 g/mol. The van der Waals surface area contributed by atoms with E-state index in [9.17, 15) is 0 Å². The normalized spacial score (nSPS) is 14.2. The lowest BCUT2D eigenvalue weighted by Gasteiger charge is -2.11. The van der Waals surface area contributed by atoms with E-state index in [4.69, 9.17) is 5.73 Å². The van der Waals surface area contributed by atoms with Gasteiger partial charge in [-0.15, -0.1) is 0 Å². The number of aromatic amines is 1. The topological polar surface area (TPSA) is 79.1 Å². The molecule has 0 aromatic carbocycles. The predicted octanol–water partition coefficient (Wildman–Crippen LogP) is 0.395. The average molecular weight is 181 g/mol. The highest BCUT2D eigenvalue weighted by molar-refractivity contribution is 5.78. The molecule has 4 N–H and O–H groups in total. The molecular weight excluding hydrogens is 166 g/mol. The third-order valence-electron chi connectivity index (χ3n) is 1.71. The van der Waals surface area contributed by atoms with Gasteiger partial charge in [-0.3, -0.25) is 10.1 Å². The third kappa shape index (κ3) is 2.77. The molecule has 1 atom stereocenters. The molecule has 0 aliphatic carbocycles. The highest BCUT2D eigenvalue weighted by Gasteiger charge is 2.05. The zero-order valence-electron chi connectivity index (χ0n) is 7.91. The van der Waals surface area contributed by atoms with Gasteiger partial charge < -0.3 is 11.1 Å². The molecule has 0 spiro atoms. The first-order chi connectivity index (χ1) is 6.24. The summed E-state index contributed by atoms with van der Waals surface area (Å²) >= 11 is 0. The summed E-state index contributed by atoms with van der Waals surface area (Å²) in [6, 6.07) is 0.133. The molecule has 1 rings (SSSR count). The van der Waals surface area contributed by atoms with E-state index >= 15 is 0 Å². The fourth-order valence-electron chi connectivity index (χ4n) is 1.02. The second kappa shape index (κ2) is 4.49. The number of hydrogen-bond acceptors (Lipinski definition) is 2. The summed E-state index contributed by atoms with van der Waals surface area (Å²) in [5.41, 5.74) is 6.66. The molecule has 0 aliphatic heterocycles. The summed E-state index contributed by atoms with van der Waals surface area (Å²) in [4.78, 5) is 4.03. The van der Waals surface area contributed by atoms with Gasteiger partial charge in [0.05, 0.1) is 12.2 Å². The summed E-state index contributed by atoms with van der Waals surface area (Å²) in [7, 11) is 0. The van der Waals surface area contributed by atoms with Crippen molar-refractivity contribution in [2.75, 3.05) is 6.54 Å². The Balaban J connectivity index is 2.51. The SMILES string of the molecule is CCN=C(N)NC(C)c1cn[nH]c1. The van der Waals surface area contributed by atoms with E-state index in [1.807, 2.05) is 20.0 Å². The third-order valence-corrected chi connectivity index (χ3v) is 1.71. The van der Waals surface area contributed by atoms with Crippen LogP contribution in [0.1, 0.15) is 25.5 Å². The molecule has 0 bridgehead atoms. The first kappa shape index (κ1) is 9.57. The molecule has 5 nitrogen and oxygen atoms in total. The van der Waals surface area contributed by atoms with Crippen LogP contribution in [-0.4, -0.2) is 22.7 Å². The van der Waals surface area contributed by atoms with Crippen molar-refractivity contribution in [2.45, 2.75) is 19.9 Å². The van der Waals surface area contributed by atoms with Crippen LogP contribution in [0.15, 0.2) is 17.4 Å². The smallest absolute Gasteiger partial charge is 0.189 e. The first-order valence-electron chi connectivity index (χ1n) is 4.29. The molecule has 72 valence electrons. The van der Waals surface area contributed by atoms with Crippen LogP contribution in [0.2, 0.25) is 0 Å². The molecule has 13 heavy (non-hydrogen) atoms. The number of rotatable bonds is 3. The number of nitrogens with zero attached hydrogens (tertiary/aromatic N) is 2. The molecule has 0 amide bonds. The van der Waals surface area contributed by atoms with E-state index in [0.29, 0.717) is 12.5 Å². The second-order valence-corrected chi connectivity index (χ2v) is 2.76. The summed E-state index contributed by atoms with van der Waals surface area (Å²) in [6.07, 6.45) is 3.59. The molecule has 1 heterocycles. The maximum absolute atomic E-state index is 5.60. The molecule has 0 saturated carbocycles. The van der Waals surface area contributed by atoms with Crippen molar-refractivity contribution in [3.05, 3.63) is 18.0 Å². The van der Waals surface area contributed by atoms with Gasteiger partial charge in [0.15, 0.2) is 5.96 Å². The van der Waals surface area contributed by atoms with Crippen LogP contribution in [0.3, 0.4) is 0 Å². The summed E-state index contributed by atoms with van der Waals surface area (Å²) < 4.78 is 0. The van der Waals surface area contributed by atoms with Gasteiger partial charge in [0.25, 0.3) is 0 Å². The molecule has 1 unspecified atom stereocenters. The predicted molar refractivity (Wildman–Crippen MR) is 52.3 cm³/mol. The van der Waals surface area contributed by atoms with Crippen LogP contribution in [0.4, 0.5) is 0 Å². The first-order valence-corrected chi connectivity index (χ1v) is 4.29. The fraction of sp³-hybridized carbons (Fsp3) is 0.500. The van der Waals surface area contributed by atoms with Gasteiger partial charge in [-0.05, 0) is 13.8 Å². The van der Waals surface area contributed by atoms with E-state index < -0.39 is 0 Å². The summed E-state index contributed by atoms with van der Waals surface area (Å²) in [5.74, 6) is 0.469. The van der Waals surface area contributed by atoms with Crippen LogP contribution in [0.5, 0.6) is 0 Å². The molecule has 1 aromatic rings. The van der Waals surface area contributed by atoms with Crippen LogP contribution in [0, 0.1) is 0 Å². The number of aliphatic imine (C=N–C) groups is 1. The summed E-state index contributed by atoms with van der Waals surface area (Å²) in [6.45, 7) is 4.64. The lowest BCUT2D eigenvalue weighted by atomic mass is 10.2. The number of hydrogen-bond donors (Lipinski definition) is 3. The zero-order chi connectivity index (χ0) is 9.68. The van der Waals surface area contributed by atoms with E-state index in [2.05, 4.69) is 20.5 Å².